The first kappa shape index (κ1) is 26.1. The number of sulfonamides is 1. The number of aliphatic carboxylic acids is 1. The number of carboxylic acid groups (broad SMARTS) is 1. The third kappa shape index (κ3) is 6.67. The normalized spacial score (nSPS) is 14.6. The van der Waals surface area contributed by atoms with E-state index in [1.165, 1.54) is 18.2 Å². The molecule has 3 N–H and O–H groups in total. The average molecular weight is 490 g/mol. The van der Waals surface area contributed by atoms with E-state index in [9.17, 15) is 30.8 Å². The number of carbonyl (C=O) groups excluding carboxylic acids is 1. The lowest BCUT2D eigenvalue weighted by molar-refractivity contribution is -0.192. The van der Waals surface area contributed by atoms with Gasteiger partial charge in [-0.3, -0.25) is 9.52 Å². The fraction of sp³-hybridized carbons (Fsp3) is 0.333. The van der Waals surface area contributed by atoms with Crippen molar-refractivity contribution in [3.63, 3.8) is 0 Å². The molecule has 33 heavy (non-hydrogen) atoms. The Bertz CT molecular complexity index is 1110. The Morgan fingerprint density at radius 1 is 1.03 bits per heavy atom. The van der Waals surface area contributed by atoms with Crippen LogP contribution in [-0.4, -0.2) is 37.6 Å². The first-order valence-electron chi connectivity index (χ1n) is 9.68. The number of hydrogen-bond acceptors (Lipinski definition) is 4. The molecular formula is C21H22F4N2O5S. The maximum absolute atomic E-state index is 13.7. The third-order valence-corrected chi connectivity index (χ3v) is 6.08. The van der Waals surface area contributed by atoms with Crippen LogP contribution in [0.4, 0.5) is 23.2 Å². The SMILES string of the molecule is CC(C)NC(=O)C1(c2ccc(NS(=O)(=O)c3ccccc3F)cc2)CC1.O=C(O)C(F)(F)F. The van der Waals surface area contributed by atoms with Gasteiger partial charge in [-0.2, -0.15) is 13.2 Å². The summed E-state index contributed by atoms with van der Waals surface area (Å²) in [5, 5.41) is 10.1. The molecule has 0 heterocycles. The molecule has 1 saturated carbocycles. The molecule has 1 amide bonds. The van der Waals surface area contributed by atoms with Gasteiger partial charge in [0.25, 0.3) is 10.0 Å². The van der Waals surface area contributed by atoms with E-state index in [1.807, 2.05) is 13.8 Å². The number of amides is 1. The van der Waals surface area contributed by atoms with Crippen LogP contribution < -0.4 is 10.0 Å². The standard InChI is InChI=1S/C19H21FN2O3S.C2HF3O2/c1-13(2)21-18(23)19(11-12-19)14-7-9-15(10-8-14)22-26(24,25)17-6-4-3-5-16(17)20;3-2(4,5)1(6)7/h3-10,13,22H,11-12H2,1-2H3,(H,21,23);(H,6,7). The van der Waals surface area contributed by atoms with Gasteiger partial charge in [0.15, 0.2) is 0 Å². The van der Waals surface area contributed by atoms with Gasteiger partial charge >= 0.3 is 12.1 Å². The van der Waals surface area contributed by atoms with Crippen molar-refractivity contribution in [2.24, 2.45) is 0 Å². The molecule has 180 valence electrons. The van der Waals surface area contributed by atoms with Gasteiger partial charge in [-0.05, 0) is 56.5 Å². The zero-order valence-corrected chi connectivity index (χ0v) is 18.4. The van der Waals surface area contributed by atoms with Crippen LogP contribution in [0.3, 0.4) is 0 Å². The van der Waals surface area contributed by atoms with Crippen molar-refractivity contribution in [3.8, 4) is 0 Å². The van der Waals surface area contributed by atoms with E-state index in [1.54, 1.807) is 24.3 Å². The summed E-state index contributed by atoms with van der Waals surface area (Å²) in [5.41, 5.74) is 0.647. The molecule has 1 aliphatic rings. The molecule has 0 bridgehead atoms. The molecule has 0 unspecified atom stereocenters. The maximum Gasteiger partial charge on any atom is 0.490 e. The van der Waals surface area contributed by atoms with Gasteiger partial charge in [-0.25, -0.2) is 17.6 Å². The smallest absolute Gasteiger partial charge is 0.475 e. The monoisotopic (exact) mass is 490 g/mol. The van der Waals surface area contributed by atoms with Gasteiger partial charge < -0.3 is 10.4 Å². The summed E-state index contributed by atoms with van der Waals surface area (Å²) in [7, 11) is -4.01. The first-order valence-corrected chi connectivity index (χ1v) is 11.2. The Hall–Kier alpha value is -3.15. The fourth-order valence-electron chi connectivity index (χ4n) is 2.90. The minimum atomic E-state index is -5.08. The van der Waals surface area contributed by atoms with Gasteiger partial charge in [-0.1, -0.05) is 24.3 Å². The lowest BCUT2D eigenvalue weighted by Gasteiger charge is -2.18. The minimum Gasteiger partial charge on any atom is -0.475 e. The van der Waals surface area contributed by atoms with Crippen LogP contribution >= 0.6 is 0 Å². The van der Waals surface area contributed by atoms with E-state index >= 15 is 0 Å². The molecule has 0 spiro atoms. The lowest BCUT2D eigenvalue weighted by Crippen LogP contribution is -2.38. The predicted octanol–water partition coefficient (Wildman–Crippen LogP) is 3.82. The van der Waals surface area contributed by atoms with Crippen LogP contribution in [0.5, 0.6) is 0 Å². The number of anilines is 1. The van der Waals surface area contributed by atoms with Gasteiger partial charge in [0.05, 0.1) is 5.41 Å². The molecule has 0 aliphatic heterocycles. The molecule has 7 nitrogen and oxygen atoms in total. The Morgan fingerprint density at radius 2 is 1.55 bits per heavy atom. The zero-order chi connectivity index (χ0) is 25.0. The van der Waals surface area contributed by atoms with Crippen molar-refractivity contribution in [1.82, 2.24) is 5.32 Å². The summed E-state index contributed by atoms with van der Waals surface area (Å²) in [4.78, 5) is 20.9. The van der Waals surface area contributed by atoms with Crippen LogP contribution in [-0.2, 0) is 25.0 Å². The number of halogens is 4. The molecule has 0 saturated heterocycles. The van der Waals surface area contributed by atoms with Crippen molar-refractivity contribution < 1.29 is 40.7 Å². The highest BCUT2D eigenvalue weighted by molar-refractivity contribution is 7.92. The molecule has 0 radical (unpaired) electrons. The van der Waals surface area contributed by atoms with Gasteiger partial charge in [0, 0.05) is 11.7 Å². The molecule has 12 heteroatoms. The highest BCUT2D eigenvalue weighted by Crippen LogP contribution is 2.48. The minimum absolute atomic E-state index is 0.00723. The molecule has 3 rings (SSSR count). The number of benzene rings is 2. The van der Waals surface area contributed by atoms with E-state index < -0.39 is 38.3 Å². The second-order valence-electron chi connectivity index (χ2n) is 7.63. The van der Waals surface area contributed by atoms with Crippen LogP contribution in [0, 0.1) is 5.82 Å². The first-order chi connectivity index (χ1) is 15.2. The van der Waals surface area contributed by atoms with Crippen LogP contribution in [0.25, 0.3) is 0 Å². The number of carboxylic acids is 1. The second-order valence-corrected chi connectivity index (χ2v) is 9.28. The number of nitrogens with one attached hydrogen (secondary N) is 2. The van der Waals surface area contributed by atoms with Crippen molar-refractivity contribution in [1.29, 1.82) is 0 Å². The zero-order valence-electron chi connectivity index (χ0n) is 17.6. The molecule has 2 aromatic rings. The Balaban J connectivity index is 0.000000479. The van der Waals surface area contributed by atoms with Gasteiger partial charge in [0.2, 0.25) is 5.91 Å². The Kier molecular flexibility index (Phi) is 7.73. The summed E-state index contributed by atoms with van der Waals surface area (Å²) >= 11 is 0. The average Bonchev–Trinajstić information content (AvgIpc) is 3.50. The third-order valence-electron chi connectivity index (χ3n) is 4.66. The topological polar surface area (TPSA) is 113 Å². The summed E-state index contributed by atoms with van der Waals surface area (Å²) < 4.78 is 72.5. The molecule has 0 atom stereocenters. The highest BCUT2D eigenvalue weighted by Gasteiger charge is 2.51. The van der Waals surface area contributed by atoms with E-state index in [-0.39, 0.29) is 11.9 Å². The van der Waals surface area contributed by atoms with Crippen molar-refractivity contribution in [3.05, 3.63) is 59.9 Å². The van der Waals surface area contributed by atoms with Crippen LogP contribution in [0.15, 0.2) is 53.4 Å². The number of rotatable bonds is 6. The van der Waals surface area contributed by atoms with E-state index in [0.717, 1.165) is 24.5 Å². The number of hydrogen-bond donors (Lipinski definition) is 3. The summed E-state index contributed by atoms with van der Waals surface area (Å²) in [6.07, 6.45) is -3.54. The lowest BCUT2D eigenvalue weighted by atomic mass is 9.94. The van der Waals surface area contributed by atoms with E-state index in [0.29, 0.717) is 5.69 Å². The van der Waals surface area contributed by atoms with Crippen molar-refractivity contribution >= 4 is 27.6 Å². The predicted molar refractivity (Wildman–Crippen MR) is 112 cm³/mol. The van der Waals surface area contributed by atoms with Crippen LogP contribution in [0.1, 0.15) is 32.3 Å². The summed E-state index contributed by atoms with van der Waals surface area (Å²) in [5.74, 6) is -3.57. The Labute approximate surface area is 187 Å². The summed E-state index contributed by atoms with van der Waals surface area (Å²) in [6, 6.07) is 11.9. The van der Waals surface area contributed by atoms with Crippen molar-refractivity contribution in [2.75, 3.05) is 4.72 Å². The molecule has 0 aromatic heterocycles. The largest absolute Gasteiger partial charge is 0.490 e. The second kappa shape index (κ2) is 9.77. The summed E-state index contributed by atoms with van der Waals surface area (Å²) in [6.45, 7) is 3.82. The Morgan fingerprint density at radius 3 is 1.97 bits per heavy atom. The molecule has 1 fully saturated rings. The van der Waals surface area contributed by atoms with E-state index in [2.05, 4.69) is 10.0 Å². The molecule has 1 aliphatic carbocycles. The molecular weight excluding hydrogens is 468 g/mol. The maximum atomic E-state index is 13.7. The van der Waals surface area contributed by atoms with Crippen molar-refractivity contribution in [2.45, 2.75) is 49.2 Å². The van der Waals surface area contributed by atoms with E-state index in [4.69, 9.17) is 9.90 Å². The fourth-order valence-corrected chi connectivity index (χ4v) is 4.04. The van der Waals surface area contributed by atoms with Gasteiger partial charge in [-0.15, -0.1) is 0 Å². The number of carbonyl (C=O) groups is 2. The number of alkyl halides is 3. The molecule has 2 aromatic carbocycles. The quantitative estimate of drug-likeness (QED) is 0.533. The van der Waals surface area contributed by atoms with Gasteiger partial charge in [0.1, 0.15) is 10.7 Å². The van der Waals surface area contributed by atoms with Crippen LogP contribution in [0.2, 0.25) is 0 Å². The highest BCUT2D eigenvalue weighted by atomic mass is 32.2.